The molecule has 1 heterocycles. The number of ether oxygens (including phenoxy) is 1. The minimum atomic E-state index is -4.56. The number of nitrogens with zero attached hydrogens (tertiary/aromatic N) is 1. The lowest BCUT2D eigenvalue weighted by Crippen LogP contribution is -2.30. The smallest absolute Gasteiger partial charge is 0.416 e. The van der Waals surface area contributed by atoms with Crippen LogP contribution in [0.5, 0.6) is 0 Å². The number of fused-ring (bicyclic) bond motifs is 1. The summed E-state index contributed by atoms with van der Waals surface area (Å²) >= 11 is 24.1. The SMILES string of the molecule is O=C(COC(=O)CCCCCN1C(=O)c2c(Cl)c(Cl)c(Cl)c(Cl)c2C1=O)Nc1cccc(C(F)(F)F)c1. The average Bonchev–Trinajstić information content (AvgIpc) is 3.09. The highest BCUT2D eigenvalue weighted by Gasteiger charge is 2.41. The van der Waals surface area contributed by atoms with Crippen LogP contribution in [0.25, 0.3) is 0 Å². The Hall–Kier alpha value is -2.53. The Morgan fingerprint density at radius 3 is 2.05 bits per heavy atom. The molecule has 0 aliphatic carbocycles. The summed E-state index contributed by atoms with van der Waals surface area (Å²) in [5.74, 6) is -2.80. The zero-order valence-electron chi connectivity index (χ0n) is 18.7. The molecule has 198 valence electrons. The zero-order chi connectivity index (χ0) is 27.5. The van der Waals surface area contributed by atoms with Crippen molar-refractivity contribution in [1.29, 1.82) is 0 Å². The van der Waals surface area contributed by atoms with Gasteiger partial charge in [-0.25, -0.2) is 0 Å². The number of halogens is 7. The first-order valence-electron chi connectivity index (χ1n) is 10.7. The maximum absolute atomic E-state index is 12.7. The molecular formula is C23H17Cl4F3N2O5. The van der Waals surface area contributed by atoms with Gasteiger partial charge < -0.3 is 10.1 Å². The van der Waals surface area contributed by atoms with Gasteiger partial charge in [-0.05, 0) is 31.0 Å². The maximum Gasteiger partial charge on any atom is 0.416 e. The lowest BCUT2D eigenvalue weighted by Gasteiger charge is -2.13. The van der Waals surface area contributed by atoms with Crippen molar-refractivity contribution in [2.75, 3.05) is 18.5 Å². The summed E-state index contributed by atoms with van der Waals surface area (Å²) in [4.78, 5) is 50.0. The van der Waals surface area contributed by atoms with E-state index in [0.717, 1.165) is 23.1 Å². The first kappa shape index (κ1) is 29.0. The van der Waals surface area contributed by atoms with Crippen molar-refractivity contribution in [1.82, 2.24) is 4.90 Å². The average molecular weight is 600 g/mol. The molecule has 0 atom stereocenters. The molecule has 3 amide bonds. The number of imide groups is 1. The minimum absolute atomic E-state index is 0.0304. The van der Waals surface area contributed by atoms with Gasteiger partial charge in [-0.2, -0.15) is 13.2 Å². The van der Waals surface area contributed by atoms with Crippen molar-refractivity contribution in [3.05, 3.63) is 61.0 Å². The Kier molecular flexibility index (Phi) is 9.33. The topological polar surface area (TPSA) is 92.8 Å². The standard InChI is InChI=1S/C23H17Cl4F3N2O5/c24-17-15-16(18(25)20(27)19(17)26)22(36)32(21(15)35)8-3-1-2-7-14(34)37-10-13(33)31-12-6-4-5-11(9-12)23(28,29)30/h4-6,9H,1-3,7-8,10H2,(H,31,33). The van der Waals surface area contributed by atoms with Crippen molar-refractivity contribution >= 4 is 75.8 Å². The molecule has 14 heteroatoms. The Bertz CT molecular complexity index is 1220. The van der Waals surface area contributed by atoms with Gasteiger partial charge in [-0.1, -0.05) is 58.9 Å². The van der Waals surface area contributed by atoms with E-state index >= 15 is 0 Å². The molecule has 7 nitrogen and oxygen atoms in total. The van der Waals surface area contributed by atoms with E-state index in [1.54, 1.807) is 0 Å². The van der Waals surface area contributed by atoms with Crippen molar-refractivity contribution in [3.63, 3.8) is 0 Å². The van der Waals surface area contributed by atoms with Gasteiger partial charge in [0.05, 0.1) is 36.8 Å². The molecule has 0 saturated heterocycles. The quantitative estimate of drug-likeness (QED) is 0.114. The number of carbonyl (C=O) groups is 4. The molecular weight excluding hydrogens is 583 g/mol. The second-order valence-electron chi connectivity index (χ2n) is 7.87. The summed E-state index contributed by atoms with van der Waals surface area (Å²) in [6, 6.07) is 4.03. The van der Waals surface area contributed by atoms with Crippen LogP contribution in [-0.2, 0) is 20.5 Å². The predicted octanol–water partition coefficient (Wildman–Crippen LogP) is 6.66. The van der Waals surface area contributed by atoms with E-state index in [1.165, 1.54) is 6.07 Å². The monoisotopic (exact) mass is 598 g/mol. The predicted molar refractivity (Wildman–Crippen MR) is 131 cm³/mol. The molecule has 37 heavy (non-hydrogen) atoms. The fourth-order valence-electron chi connectivity index (χ4n) is 3.50. The van der Waals surface area contributed by atoms with Crippen LogP contribution in [0.3, 0.4) is 0 Å². The molecule has 0 fully saturated rings. The Morgan fingerprint density at radius 1 is 0.892 bits per heavy atom. The highest BCUT2D eigenvalue weighted by atomic mass is 35.5. The molecule has 3 rings (SSSR count). The fraction of sp³-hybridized carbons (Fsp3) is 0.304. The number of rotatable bonds is 9. The third-order valence-electron chi connectivity index (χ3n) is 5.29. The summed E-state index contributed by atoms with van der Waals surface area (Å²) in [6.45, 7) is -0.639. The molecule has 2 aromatic carbocycles. The van der Waals surface area contributed by atoms with Crippen LogP contribution >= 0.6 is 46.4 Å². The number of benzene rings is 2. The van der Waals surface area contributed by atoms with Crippen LogP contribution in [0.15, 0.2) is 24.3 Å². The summed E-state index contributed by atoms with van der Waals surface area (Å²) in [6.07, 6.45) is -3.50. The molecule has 0 saturated carbocycles. The van der Waals surface area contributed by atoms with E-state index < -0.39 is 42.0 Å². The number of carbonyl (C=O) groups excluding carboxylic acids is 4. The van der Waals surface area contributed by atoms with E-state index in [2.05, 4.69) is 5.32 Å². The number of anilines is 1. The summed E-state index contributed by atoms with van der Waals surface area (Å²) in [5.41, 5.74) is -1.24. The lowest BCUT2D eigenvalue weighted by atomic mass is 10.1. The van der Waals surface area contributed by atoms with Gasteiger partial charge >= 0.3 is 12.1 Å². The summed E-state index contributed by atoms with van der Waals surface area (Å²) in [5, 5.41) is 1.65. The van der Waals surface area contributed by atoms with Gasteiger partial charge in [0.15, 0.2) is 6.61 Å². The second-order valence-corrected chi connectivity index (χ2v) is 9.38. The van der Waals surface area contributed by atoms with Gasteiger partial charge in [0.25, 0.3) is 17.7 Å². The van der Waals surface area contributed by atoms with Crippen molar-refractivity contribution < 1.29 is 37.1 Å². The second kappa shape index (κ2) is 11.9. The van der Waals surface area contributed by atoms with Crippen LogP contribution in [0.1, 0.15) is 52.0 Å². The third kappa shape index (κ3) is 6.67. The van der Waals surface area contributed by atoms with Crippen LogP contribution in [0, 0.1) is 0 Å². The highest BCUT2D eigenvalue weighted by molar-refractivity contribution is 6.55. The normalized spacial score (nSPS) is 13.1. The largest absolute Gasteiger partial charge is 0.456 e. The Balaban J connectivity index is 1.40. The molecule has 0 bridgehead atoms. The van der Waals surface area contributed by atoms with Crippen molar-refractivity contribution in [2.45, 2.75) is 31.9 Å². The maximum atomic E-state index is 12.7. The Morgan fingerprint density at radius 2 is 1.49 bits per heavy atom. The van der Waals surface area contributed by atoms with Gasteiger partial charge in [-0.3, -0.25) is 24.1 Å². The third-order valence-corrected chi connectivity index (χ3v) is 7.09. The molecule has 0 aromatic heterocycles. The molecule has 1 aliphatic heterocycles. The first-order valence-corrected chi connectivity index (χ1v) is 12.2. The van der Waals surface area contributed by atoms with Gasteiger partial charge in [0.2, 0.25) is 0 Å². The van der Waals surface area contributed by atoms with Gasteiger partial charge in [0, 0.05) is 18.7 Å². The lowest BCUT2D eigenvalue weighted by molar-refractivity contribution is -0.147. The van der Waals surface area contributed by atoms with E-state index in [0.29, 0.717) is 19.3 Å². The number of nitrogens with one attached hydrogen (secondary N) is 1. The molecule has 0 radical (unpaired) electrons. The molecule has 0 spiro atoms. The molecule has 1 aliphatic rings. The van der Waals surface area contributed by atoms with Crippen molar-refractivity contribution in [2.24, 2.45) is 0 Å². The van der Waals surface area contributed by atoms with Crippen LogP contribution in [-0.4, -0.2) is 41.7 Å². The number of hydrogen-bond donors (Lipinski definition) is 1. The van der Waals surface area contributed by atoms with E-state index in [4.69, 9.17) is 51.1 Å². The number of esters is 1. The van der Waals surface area contributed by atoms with Crippen LogP contribution in [0.2, 0.25) is 20.1 Å². The summed E-state index contributed by atoms with van der Waals surface area (Å²) < 4.78 is 43.1. The number of unbranched alkanes of at least 4 members (excludes halogenated alkanes) is 2. The van der Waals surface area contributed by atoms with Gasteiger partial charge in [0.1, 0.15) is 0 Å². The van der Waals surface area contributed by atoms with E-state index in [-0.39, 0.29) is 49.9 Å². The number of amides is 3. The zero-order valence-corrected chi connectivity index (χ0v) is 21.7. The first-order chi connectivity index (χ1) is 17.3. The molecule has 1 N–H and O–H groups in total. The van der Waals surface area contributed by atoms with Crippen LogP contribution in [0.4, 0.5) is 18.9 Å². The van der Waals surface area contributed by atoms with E-state index in [9.17, 15) is 32.3 Å². The van der Waals surface area contributed by atoms with Crippen LogP contribution < -0.4 is 5.32 Å². The number of alkyl halides is 3. The van der Waals surface area contributed by atoms with E-state index in [1.807, 2.05) is 0 Å². The minimum Gasteiger partial charge on any atom is -0.456 e. The highest BCUT2D eigenvalue weighted by Crippen LogP contribution is 2.44. The fourth-order valence-corrected chi connectivity index (χ4v) is 4.52. The van der Waals surface area contributed by atoms with Crippen molar-refractivity contribution in [3.8, 4) is 0 Å². The van der Waals surface area contributed by atoms with Gasteiger partial charge in [-0.15, -0.1) is 0 Å². The summed E-state index contributed by atoms with van der Waals surface area (Å²) in [7, 11) is 0. The molecule has 2 aromatic rings. The number of hydrogen-bond acceptors (Lipinski definition) is 5. The molecule has 0 unspecified atom stereocenters. The Labute approximate surface area is 228 Å².